The van der Waals surface area contributed by atoms with Crippen LogP contribution in [-0.2, 0) is 13.6 Å². The molecule has 10 heteroatoms. The van der Waals surface area contributed by atoms with Gasteiger partial charge in [0.05, 0.1) is 31.2 Å². The molecule has 0 saturated heterocycles. The van der Waals surface area contributed by atoms with Crippen molar-refractivity contribution in [3.8, 4) is 11.4 Å². The number of nitrogens with zero attached hydrogens (tertiary/aromatic N) is 5. The van der Waals surface area contributed by atoms with Crippen molar-refractivity contribution < 1.29 is 23.1 Å². The Kier molecular flexibility index (Phi) is 3.47. The molecule has 0 unspecified atom stereocenters. The number of aromatic carboxylic acids is 1. The molecular formula is C10H10F3N5O2. The molecule has 2 rings (SSSR count). The van der Waals surface area contributed by atoms with E-state index in [9.17, 15) is 18.0 Å². The van der Waals surface area contributed by atoms with Gasteiger partial charge in [0, 0.05) is 7.05 Å². The maximum absolute atomic E-state index is 12.3. The molecular weight excluding hydrogens is 279 g/mol. The molecule has 0 atom stereocenters. The molecule has 7 nitrogen and oxygen atoms in total. The lowest BCUT2D eigenvalue weighted by molar-refractivity contribution is -0.137. The molecule has 2 aromatic heterocycles. The van der Waals surface area contributed by atoms with Crippen molar-refractivity contribution in [2.75, 3.05) is 0 Å². The Bertz CT molecular complexity index is 631. The highest BCUT2D eigenvalue weighted by Gasteiger charge is 2.29. The summed E-state index contributed by atoms with van der Waals surface area (Å²) in [5.74, 6) is -1.36. The van der Waals surface area contributed by atoms with Gasteiger partial charge in [-0.25, -0.2) is 14.5 Å². The highest BCUT2D eigenvalue weighted by atomic mass is 19.4. The summed E-state index contributed by atoms with van der Waals surface area (Å²) in [5.41, 5.74) is -0.0768. The normalized spacial score (nSPS) is 11.8. The first-order valence-corrected chi connectivity index (χ1v) is 5.50. The maximum Gasteiger partial charge on any atom is 0.390 e. The van der Waals surface area contributed by atoms with Crippen LogP contribution >= 0.6 is 0 Å². The van der Waals surface area contributed by atoms with Crippen molar-refractivity contribution in [1.82, 2.24) is 24.5 Å². The van der Waals surface area contributed by atoms with Crippen LogP contribution in [-0.4, -0.2) is 41.8 Å². The highest BCUT2D eigenvalue weighted by Crippen LogP contribution is 2.25. The number of hydrogen-bond acceptors (Lipinski definition) is 4. The third-order valence-corrected chi connectivity index (χ3v) is 2.60. The van der Waals surface area contributed by atoms with Crippen molar-refractivity contribution >= 4 is 5.97 Å². The van der Waals surface area contributed by atoms with Gasteiger partial charge < -0.3 is 9.67 Å². The molecule has 2 aromatic rings. The number of carboxylic acid groups (broad SMARTS) is 1. The van der Waals surface area contributed by atoms with Gasteiger partial charge in [-0.3, -0.25) is 0 Å². The first-order chi connectivity index (χ1) is 9.29. The smallest absolute Gasteiger partial charge is 0.390 e. The molecule has 0 spiro atoms. The zero-order valence-corrected chi connectivity index (χ0v) is 10.3. The van der Waals surface area contributed by atoms with Gasteiger partial charge in [-0.05, 0) is 0 Å². The third-order valence-electron chi connectivity index (χ3n) is 2.60. The van der Waals surface area contributed by atoms with Crippen LogP contribution in [0.2, 0.25) is 0 Å². The number of aryl methyl sites for hydroxylation is 2. The van der Waals surface area contributed by atoms with E-state index in [1.165, 1.54) is 17.1 Å². The standard InChI is InChI=1S/C10H10F3N5O2/c1-17-5-14-4-6(17)8-7(9(19)20)15-16-18(8)3-2-10(11,12)13/h4-5H,2-3H2,1H3,(H,19,20). The van der Waals surface area contributed by atoms with Crippen LogP contribution in [0.5, 0.6) is 0 Å². The zero-order chi connectivity index (χ0) is 14.9. The Balaban J connectivity index is 2.44. The van der Waals surface area contributed by atoms with E-state index in [0.717, 1.165) is 4.68 Å². The molecule has 20 heavy (non-hydrogen) atoms. The van der Waals surface area contributed by atoms with Crippen molar-refractivity contribution in [2.24, 2.45) is 7.05 Å². The minimum Gasteiger partial charge on any atom is -0.476 e. The summed E-state index contributed by atoms with van der Waals surface area (Å²) in [6, 6.07) is 0. The van der Waals surface area contributed by atoms with Gasteiger partial charge >= 0.3 is 12.1 Å². The molecule has 0 aliphatic rings. The van der Waals surface area contributed by atoms with Crippen molar-refractivity contribution in [2.45, 2.75) is 19.1 Å². The highest BCUT2D eigenvalue weighted by molar-refractivity contribution is 5.92. The van der Waals surface area contributed by atoms with Crippen LogP contribution < -0.4 is 0 Å². The van der Waals surface area contributed by atoms with Crippen LogP contribution in [0.25, 0.3) is 11.4 Å². The fourth-order valence-electron chi connectivity index (χ4n) is 1.69. The summed E-state index contributed by atoms with van der Waals surface area (Å²) in [6.07, 6.45) is -2.74. The lowest BCUT2D eigenvalue weighted by atomic mass is 10.2. The van der Waals surface area contributed by atoms with Gasteiger partial charge in [0.2, 0.25) is 0 Å². The number of carboxylic acids is 1. The van der Waals surface area contributed by atoms with Gasteiger partial charge in [-0.1, -0.05) is 5.21 Å². The Morgan fingerprint density at radius 2 is 2.15 bits per heavy atom. The van der Waals surface area contributed by atoms with Gasteiger partial charge in [0.25, 0.3) is 0 Å². The molecule has 0 fully saturated rings. The van der Waals surface area contributed by atoms with Crippen LogP contribution in [0.15, 0.2) is 12.5 Å². The van der Waals surface area contributed by atoms with Crippen molar-refractivity contribution in [3.05, 3.63) is 18.2 Å². The van der Waals surface area contributed by atoms with Crippen LogP contribution in [0.4, 0.5) is 13.2 Å². The average Bonchev–Trinajstić information content (AvgIpc) is 2.90. The molecule has 0 saturated carbocycles. The predicted octanol–water partition coefficient (Wildman–Crippen LogP) is 1.33. The number of imidazole rings is 1. The molecule has 0 aliphatic heterocycles. The fraction of sp³-hybridized carbons (Fsp3) is 0.400. The third kappa shape index (κ3) is 2.78. The van der Waals surface area contributed by atoms with Crippen LogP contribution in [0.3, 0.4) is 0 Å². The number of aromatic nitrogens is 5. The van der Waals surface area contributed by atoms with Crippen LogP contribution in [0.1, 0.15) is 16.9 Å². The molecule has 0 amide bonds. The second-order valence-corrected chi connectivity index (χ2v) is 4.07. The van der Waals surface area contributed by atoms with Gasteiger partial charge in [-0.2, -0.15) is 13.2 Å². The number of carbonyl (C=O) groups is 1. The van der Waals surface area contributed by atoms with Gasteiger partial charge in [-0.15, -0.1) is 5.10 Å². The number of hydrogen-bond donors (Lipinski definition) is 1. The molecule has 1 N–H and O–H groups in total. The van der Waals surface area contributed by atoms with E-state index in [-0.39, 0.29) is 5.69 Å². The van der Waals surface area contributed by atoms with Gasteiger partial charge in [0.1, 0.15) is 5.69 Å². The summed E-state index contributed by atoms with van der Waals surface area (Å²) in [4.78, 5) is 14.9. The average molecular weight is 289 g/mol. The summed E-state index contributed by atoms with van der Waals surface area (Å²) in [5, 5.41) is 15.9. The monoisotopic (exact) mass is 289 g/mol. The number of rotatable bonds is 4. The minimum absolute atomic E-state index is 0.00162. The van der Waals surface area contributed by atoms with E-state index >= 15 is 0 Å². The Morgan fingerprint density at radius 3 is 2.65 bits per heavy atom. The minimum atomic E-state index is -4.36. The Morgan fingerprint density at radius 1 is 1.45 bits per heavy atom. The molecule has 2 heterocycles. The molecule has 108 valence electrons. The lowest BCUT2D eigenvalue weighted by Gasteiger charge is -2.09. The summed E-state index contributed by atoms with van der Waals surface area (Å²) >= 11 is 0. The van der Waals surface area contributed by atoms with Crippen LogP contribution in [0, 0.1) is 0 Å². The molecule has 0 bridgehead atoms. The van der Waals surface area contributed by atoms with E-state index in [1.54, 1.807) is 7.05 Å². The Hall–Kier alpha value is -2.39. The predicted molar refractivity (Wildman–Crippen MR) is 59.9 cm³/mol. The first-order valence-electron chi connectivity index (χ1n) is 5.50. The van der Waals surface area contributed by atoms with E-state index in [1.807, 2.05) is 0 Å². The van der Waals surface area contributed by atoms with E-state index < -0.39 is 30.8 Å². The van der Waals surface area contributed by atoms with E-state index in [4.69, 9.17) is 5.11 Å². The lowest BCUT2D eigenvalue weighted by Crippen LogP contribution is -2.14. The largest absolute Gasteiger partial charge is 0.476 e. The first kappa shape index (κ1) is 14.0. The van der Waals surface area contributed by atoms with Crippen molar-refractivity contribution in [1.29, 1.82) is 0 Å². The quantitative estimate of drug-likeness (QED) is 0.917. The van der Waals surface area contributed by atoms with Crippen molar-refractivity contribution in [3.63, 3.8) is 0 Å². The molecule has 0 aromatic carbocycles. The van der Waals surface area contributed by atoms with Gasteiger partial charge in [0.15, 0.2) is 5.69 Å². The zero-order valence-electron chi connectivity index (χ0n) is 10.3. The maximum atomic E-state index is 12.3. The SMILES string of the molecule is Cn1cncc1-c1c(C(=O)O)nnn1CCC(F)(F)F. The fourth-order valence-corrected chi connectivity index (χ4v) is 1.69. The molecule has 0 radical (unpaired) electrons. The summed E-state index contributed by atoms with van der Waals surface area (Å²) in [7, 11) is 1.59. The van der Waals surface area contributed by atoms with E-state index in [2.05, 4.69) is 15.3 Å². The number of halogens is 3. The second-order valence-electron chi connectivity index (χ2n) is 4.07. The molecule has 0 aliphatic carbocycles. The number of alkyl halides is 3. The summed E-state index contributed by atoms with van der Waals surface area (Å²) in [6.45, 7) is -0.510. The summed E-state index contributed by atoms with van der Waals surface area (Å²) < 4.78 is 39.2. The van der Waals surface area contributed by atoms with E-state index in [0.29, 0.717) is 5.69 Å². The second kappa shape index (κ2) is 4.94. The topological polar surface area (TPSA) is 85.8 Å². The Labute approximate surface area is 110 Å².